The number of Topliss-reactive ketones (excluding diaryl/α,β-unsaturated/α-hetero) is 1. The Morgan fingerprint density at radius 1 is 1.29 bits per heavy atom. The predicted molar refractivity (Wildman–Crippen MR) is 59.4 cm³/mol. The largest absolute Gasteiger partial charge is 0.294 e. The molecule has 0 radical (unpaired) electrons. The first kappa shape index (κ1) is 10.7. The fraction of sp³-hybridized carbons (Fsp3) is 0.308. The summed E-state index contributed by atoms with van der Waals surface area (Å²) in [5, 5.41) is 0. The normalized spacial score (nSPS) is 11.4. The predicted octanol–water partition coefficient (Wildman–Crippen LogP) is 3.62. The third-order valence-corrected chi connectivity index (χ3v) is 2.29. The van der Waals surface area contributed by atoms with E-state index in [4.69, 9.17) is 0 Å². The topological polar surface area (TPSA) is 17.1 Å². The van der Waals surface area contributed by atoms with Gasteiger partial charge in [-0.2, -0.15) is 0 Å². The molecule has 0 heterocycles. The van der Waals surface area contributed by atoms with Gasteiger partial charge in [-0.05, 0) is 13.3 Å². The summed E-state index contributed by atoms with van der Waals surface area (Å²) >= 11 is 0. The van der Waals surface area contributed by atoms with E-state index in [1.807, 2.05) is 36.4 Å². The van der Waals surface area contributed by atoms with Gasteiger partial charge in [0.1, 0.15) is 0 Å². The average molecular weight is 188 g/mol. The van der Waals surface area contributed by atoms with Crippen LogP contribution in [0.3, 0.4) is 0 Å². The molecule has 0 aliphatic heterocycles. The van der Waals surface area contributed by atoms with Crippen molar-refractivity contribution in [1.82, 2.24) is 0 Å². The van der Waals surface area contributed by atoms with Gasteiger partial charge < -0.3 is 0 Å². The van der Waals surface area contributed by atoms with Gasteiger partial charge in [0, 0.05) is 12.0 Å². The first-order valence-electron chi connectivity index (χ1n) is 4.98. The van der Waals surface area contributed by atoms with E-state index in [1.54, 1.807) is 0 Å². The minimum atomic E-state index is 0.193. The van der Waals surface area contributed by atoms with Crippen LogP contribution in [-0.4, -0.2) is 5.78 Å². The van der Waals surface area contributed by atoms with E-state index < -0.39 is 0 Å². The van der Waals surface area contributed by atoms with Crippen molar-refractivity contribution in [3.63, 3.8) is 0 Å². The number of carbonyl (C=O) groups excluding carboxylic acids is 1. The second kappa shape index (κ2) is 5.38. The van der Waals surface area contributed by atoms with Crippen LogP contribution in [0, 0.1) is 0 Å². The van der Waals surface area contributed by atoms with Crippen LogP contribution in [-0.2, 0) is 0 Å². The zero-order valence-corrected chi connectivity index (χ0v) is 8.79. The Kier molecular flexibility index (Phi) is 4.11. The lowest BCUT2D eigenvalue weighted by atomic mass is 10.1. The quantitative estimate of drug-likeness (QED) is 0.521. The molecule has 0 aliphatic rings. The van der Waals surface area contributed by atoms with Gasteiger partial charge in [0.15, 0.2) is 5.78 Å². The molecule has 0 fully saturated rings. The van der Waals surface area contributed by atoms with Gasteiger partial charge in [0.2, 0.25) is 0 Å². The van der Waals surface area contributed by atoms with E-state index in [0.29, 0.717) is 6.42 Å². The summed E-state index contributed by atoms with van der Waals surface area (Å²) in [5.41, 5.74) is 2.07. The molecule has 1 heteroatoms. The van der Waals surface area contributed by atoms with Crippen molar-refractivity contribution in [1.29, 1.82) is 0 Å². The highest BCUT2D eigenvalue weighted by Crippen LogP contribution is 2.06. The lowest BCUT2D eigenvalue weighted by molar-refractivity contribution is 0.0995. The van der Waals surface area contributed by atoms with Crippen molar-refractivity contribution < 1.29 is 4.79 Å². The number of rotatable bonds is 4. The molecule has 0 aromatic heterocycles. The summed E-state index contributed by atoms with van der Waals surface area (Å²) in [7, 11) is 0. The molecule has 0 bridgehead atoms. The number of hydrogen-bond donors (Lipinski definition) is 0. The van der Waals surface area contributed by atoms with Crippen LogP contribution in [0.25, 0.3) is 0 Å². The maximum absolute atomic E-state index is 11.6. The van der Waals surface area contributed by atoms with Crippen LogP contribution in [0.15, 0.2) is 42.0 Å². The summed E-state index contributed by atoms with van der Waals surface area (Å²) in [6, 6.07) is 9.42. The van der Waals surface area contributed by atoms with Crippen LogP contribution < -0.4 is 0 Å². The number of carbonyl (C=O) groups is 1. The molecule has 1 rings (SSSR count). The van der Waals surface area contributed by atoms with Crippen molar-refractivity contribution in [3.8, 4) is 0 Å². The van der Waals surface area contributed by atoms with Crippen molar-refractivity contribution in [2.24, 2.45) is 0 Å². The monoisotopic (exact) mass is 188 g/mol. The van der Waals surface area contributed by atoms with Crippen LogP contribution in [0.4, 0.5) is 0 Å². The number of hydrogen-bond acceptors (Lipinski definition) is 1. The van der Waals surface area contributed by atoms with E-state index in [2.05, 4.69) is 13.8 Å². The molecule has 1 aromatic carbocycles. The van der Waals surface area contributed by atoms with E-state index in [9.17, 15) is 4.79 Å². The van der Waals surface area contributed by atoms with E-state index in [0.717, 1.165) is 12.0 Å². The highest BCUT2D eigenvalue weighted by molar-refractivity contribution is 5.96. The molecule has 0 N–H and O–H groups in total. The maximum Gasteiger partial charge on any atom is 0.166 e. The van der Waals surface area contributed by atoms with E-state index in [1.165, 1.54) is 5.57 Å². The molecule has 0 unspecified atom stereocenters. The van der Waals surface area contributed by atoms with Gasteiger partial charge in [-0.3, -0.25) is 4.79 Å². The minimum Gasteiger partial charge on any atom is -0.294 e. The first-order chi connectivity index (χ1) is 6.74. The third kappa shape index (κ3) is 3.17. The Labute approximate surface area is 85.5 Å². The fourth-order valence-electron chi connectivity index (χ4n) is 1.15. The van der Waals surface area contributed by atoms with Gasteiger partial charge in [-0.1, -0.05) is 48.9 Å². The Morgan fingerprint density at radius 3 is 2.50 bits per heavy atom. The van der Waals surface area contributed by atoms with Crippen molar-refractivity contribution in [3.05, 3.63) is 47.5 Å². The van der Waals surface area contributed by atoms with Crippen LogP contribution >= 0.6 is 0 Å². The van der Waals surface area contributed by atoms with E-state index in [-0.39, 0.29) is 5.78 Å². The number of ketones is 1. The van der Waals surface area contributed by atoms with Gasteiger partial charge in [-0.15, -0.1) is 0 Å². The summed E-state index contributed by atoms with van der Waals surface area (Å²) in [6.07, 6.45) is 3.54. The molecule has 74 valence electrons. The highest BCUT2D eigenvalue weighted by atomic mass is 16.1. The molecule has 0 amide bonds. The molecular weight excluding hydrogens is 172 g/mol. The summed E-state index contributed by atoms with van der Waals surface area (Å²) < 4.78 is 0. The van der Waals surface area contributed by atoms with Crippen LogP contribution in [0.5, 0.6) is 0 Å². The lowest BCUT2D eigenvalue weighted by Gasteiger charge is -1.98. The molecular formula is C13H16O. The summed E-state index contributed by atoms with van der Waals surface area (Å²) in [5.74, 6) is 0.193. The molecule has 1 aromatic rings. The fourth-order valence-corrected chi connectivity index (χ4v) is 1.15. The second-order valence-corrected chi connectivity index (χ2v) is 3.40. The van der Waals surface area contributed by atoms with Crippen molar-refractivity contribution in [2.45, 2.75) is 26.7 Å². The molecule has 0 aliphatic carbocycles. The molecule has 14 heavy (non-hydrogen) atoms. The second-order valence-electron chi connectivity index (χ2n) is 3.40. The highest BCUT2D eigenvalue weighted by Gasteiger charge is 2.01. The van der Waals surface area contributed by atoms with Crippen LogP contribution in [0.2, 0.25) is 0 Å². The Morgan fingerprint density at radius 2 is 1.93 bits per heavy atom. The summed E-state index contributed by atoms with van der Waals surface area (Å²) in [6.45, 7) is 4.15. The molecule has 0 saturated carbocycles. The molecule has 0 saturated heterocycles. The van der Waals surface area contributed by atoms with Gasteiger partial charge in [0.05, 0.1) is 0 Å². The standard InChI is InChI=1S/C13H16O/c1-3-11(2)9-10-13(14)12-7-5-4-6-8-12/h4-9H,3,10H2,1-2H3/b11-9-. The zero-order valence-electron chi connectivity index (χ0n) is 8.79. The minimum absolute atomic E-state index is 0.193. The zero-order chi connectivity index (χ0) is 10.4. The summed E-state index contributed by atoms with van der Waals surface area (Å²) in [4.78, 5) is 11.6. The lowest BCUT2D eigenvalue weighted by Crippen LogP contribution is -1.96. The SMILES string of the molecule is CC/C(C)=C\CC(=O)c1ccccc1. The van der Waals surface area contributed by atoms with Crippen molar-refractivity contribution in [2.75, 3.05) is 0 Å². The maximum atomic E-state index is 11.6. The molecule has 1 nitrogen and oxygen atoms in total. The van der Waals surface area contributed by atoms with Gasteiger partial charge in [0.25, 0.3) is 0 Å². The Bertz CT molecular complexity index is 322. The van der Waals surface area contributed by atoms with Gasteiger partial charge in [-0.25, -0.2) is 0 Å². The van der Waals surface area contributed by atoms with E-state index >= 15 is 0 Å². The Hall–Kier alpha value is -1.37. The first-order valence-corrected chi connectivity index (χ1v) is 4.98. The van der Waals surface area contributed by atoms with Crippen molar-refractivity contribution >= 4 is 5.78 Å². The number of benzene rings is 1. The molecule has 0 atom stereocenters. The third-order valence-electron chi connectivity index (χ3n) is 2.29. The Balaban J connectivity index is 2.60. The van der Waals surface area contributed by atoms with Gasteiger partial charge >= 0.3 is 0 Å². The van der Waals surface area contributed by atoms with Crippen LogP contribution in [0.1, 0.15) is 37.0 Å². The smallest absolute Gasteiger partial charge is 0.166 e. The number of allylic oxidation sites excluding steroid dienone is 2. The average Bonchev–Trinajstić information content (AvgIpc) is 2.26. The molecule has 0 spiro atoms.